The zero-order valence-electron chi connectivity index (χ0n) is 17.0. The van der Waals surface area contributed by atoms with E-state index in [4.69, 9.17) is 4.74 Å². The molecule has 0 aliphatic rings. The molecule has 0 atom stereocenters. The van der Waals surface area contributed by atoms with Gasteiger partial charge in [0.25, 0.3) is 0 Å². The molecule has 0 saturated heterocycles. The number of hydrogen-bond acceptors (Lipinski definition) is 1. The molecule has 145 valence electrons. The van der Waals surface area contributed by atoms with Crippen molar-refractivity contribution in [3.8, 4) is 0 Å². The summed E-state index contributed by atoms with van der Waals surface area (Å²) < 4.78 is 5.08. The van der Waals surface area contributed by atoms with Gasteiger partial charge in [0.2, 0.25) is 0 Å². The molecule has 0 aliphatic carbocycles. The van der Waals surface area contributed by atoms with E-state index < -0.39 is 0 Å². The van der Waals surface area contributed by atoms with Crippen molar-refractivity contribution in [2.75, 3.05) is 13.7 Å². The lowest BCUT2D eigenvalue weighted by molar-refractivity contribution is 0.192. The Balaban J connectivity index is 2.93. The van der Waals surface area contributed by atoms with Gasteiger partial charge in [-0.2, -0.15) is 0 Å². The third-order valence-corrected chi connectivity index (χ3v) is 5.10. The van der Waals surface area contributed by atoms with Crippen LogP contribution in [0.25, 0.3) is 0 Å². The van der Waals surface area contributed by atoms with Crippen LogP contribution in [0.1, 0.15) is 128 Å². The first-order valence-electron chi connectivity index (χ1n) is 11.2. The average Bonchev–Trinajstić information content (AvgIpc) is 2.60. The third kappa shape index (κ3) is 22.0. The van der Waals surface area contributed by atoms with Gasteiger partial charge in [-0.15, -0.1) is 0 Å². The van der Waals surface area contributed by atoms with Gasteiger partial charge >= 0.3 is 0 Å². The molecule has 0 saturated carbocycles. The van der Waals surface area contributed by atoms with Crippen molar-refractivity contribution in [3.05, 3.63) is 6.92 Å². The van der Waals surface area contributed by atoms with Gasteiger partial charge in [0.15, 0.2) is 0 Å². The Kier molecular flexibility index (Phi) is 22.9. The van der Waals surface area contributed by atoms with Gasteiger partial charge in [-0.05, 0) is 6.42 Å². The molecule has 0 amide bonds. The predicted molar refractivity (Wildman–Crippen MR) is 110 cm³/mol. The minimum absolute atomic E-state index is 0.941. The zero-order chi connectivity index (χ0) is 17.6. The van der Waals surface area contributed by atoms with E-state index in [-0.39, 0.29) is 0 Å². The first-order valence-corrected chi connectivity index (χ1v) is 11.2. The van der Waals surface area contributed by atoms with E-state index in [1.807, 2.05) is 0 Å². The molecular formula is C23H47O. The molecule has 0 aromatic carbocycles. The van der Waals surface area contributed by atoms with E-state index in [2.05, 4.69) is 6.92 Å². The highest BCUT2D eigenvalue weighted by atomic mass is 16.5. The second-order valence-corrected chi connectivity index (χ2v) is 7.56. The lowest BCUT2D eigenvalue weighted by Gasteiger charge is -2.04. The highest BCUT2D eigenvalue weighted by molar-refractivity contribution is 4.51. The fraction of sp³-hybridized carbons (Fsp3) is 0.957. The standard InChI is InChI=1S/C23H47O/c1-3-4-5-6-7-8-9-10-11-12-13-14-15-16-17-18-19-20-21-22-23-24-2/h1,3-23H2,2H3. The SMILES string of the molecule is [CH2]CCCCCCCCCCCCCCCCCCCCCOC. The van der Waals surface area contributed by atoms with Crippen molar-refractivity contribution < 1.29 is 4.74 Å². The van der Waals surface area contributed by atoms with Crippen molar-refractivity contribution in [2.24, 2.45) is 0 Å². The van der Waals surface area contributed by atoms with Crippen molar-refractivity contribution in [3.63, 3.8) is 0 Å². The van der Waals surface area contributed by atoms with Gasteiger partial charge in [0.1, 0.15) is 0 Å². The Morgan fingerprint density at radius 2 is 0.667 bits per heavy atom. The van der Waals surface area contributed by atoms with Crippen LogP contribution in [0.5, 0.6) is 0 Å². The maximum Gasteiger partial charge on any atom is 0.0462 e. The monoisotopic (exact) mass is 339 g/mol. The minimum atomic E-state index is 0.941. The summed E-state index contributed by atoms with van der Waals surface area (Å²) in [6, 6.07) is 0. The number of ether oxygens (including phenoxy) is 1. The van der Waals surface area contributed by atoms with Crippen LogP contribution in [-0.4, -0.2) is 13.7 Å². The van der Waals surface area contributed by atoms with Gasteiger partial charge in [-0.3, -0.25) is 0 Å². The van der Waals surface area contributed by atoms with Crippen molar-refractivity contribution in [1.29, 1.82) is 0 Å². The van der Waals surface area contributed by atoms with E-state index in [0.717, 1.165) is 13.0 Å². The smallest absolute Gasteiger partial charge is 0.0462 e. The van der Waals surface area contributed by atoms with Gasteiger partial charge in [-0.1, -0.05) is 129 Å². The molecule has 0 unspecified atom stereocenters. The largest absolute Gasteiger partial charge is 0.385 e. The first kappa shape index (κ1) is 24.0. The summed E-state index contributed by atoms with van der Waals surface area (Å²) in [5.74, 6) is 0. The zero-order valence-corrected chi connectivity index (χ0v) is 17.0. The van der Waals surface area contributed by atoms with Crippen LogP contribution in [0, 0.1) is 6.92 Å². The van der Waals surface area contributed by atoms with E-state index in [1.54, 1.807) is 7.11 Å². The predicted octanol–water partition coefficient (Wildman–Crippen LogP) is 8.27. The molecule has 0 heterocycles. The number of unbranched alkanes of at least 4 members (excludes halogenated alkanes) is 19. The van der Waals surface area contributed by atoms with Crippen molar-refractivity contribution in [2.45, 2.75) is 128 Å². The summed E-state index contributed by atoms with van der Waals surface area (Å²) in [6.07, 6.45) is 28.3. The molecule has 24 heavy (non-hydrogen) atoms. The quantitative estimate of drug-likeness (QED) is 0.191. The summed E-state index contributed by atoms with van der Waals surface area (Å²) in [5, 5.41) is 0. The van der Waals surface area contributed by atoms with Gasteiger partial charge in [-0.25, -0.2) is 0 Å². The van der Waals surface area contributed by atoms with E-state index >= 15 is 0 Å². The van der Waals surface area contributed by atoms with E-state index in [0.29, 0.717) is 0 Å². The molecule has 0 aliphatic heterocycles. The maximum absolute atomic E-state index is 5.08. The fourth-order valence-electron chi connectivity index (χ4n) is 3.43. The number of methoxy groups -OCH3 is 1. The molecule has 0 rings (SSSR count). The lowest BCUT2D eigenvalue weighted by Crippen LogP contribution is -1.88. The van der Waals surface area contributed by atoms with Gasteiger partial charge < -0.3 is 4.74 Å². The second kappa shape index (κ2) is 23.0. The van der Waals surface area contributed by atoms with Crippen LogP contribution >= 0.6 is 0 Å². The Bertz CT molecular complexity index is 180. The van der Waals surface area contributed by atoms with E-state index in [1.165, 1.54) is 122 Å². The molecule has 0 N–H and O–H groups in total. The van der Waals surface area contributed by atoms with Crippen LogP contribution in [0.3, 0.4) is 0 Å². The van der Waals surface area contributed by atoms with Crippen molar-refractivity contribution >= 4 is 0 Å². The lowest BCUT2D eigenvalue weighted by atomic mass is 10.0. The average molecular weight is 340 g/mol. The molecule has 0 bridgehead atoms. The summed E-state index contributed by atoms with van der Waals surface area (Å²) >= 11 is 0. The summed E-state index contributed by atoms with van der Waals surface area (Å²) in [4.78, 5) is 0. The highest BCUT2D eigenvalue weighted by Crippen LogP contribution is 2.14. The molecule has 0 fully saturated rings. The van der Waals surface area contributed by atoms with Crippen LogP contribution in [0.4, 0.5) is 0 Å². The second-order valence-electron chi connectivity index (χ2n) is 7.56. The van der Waals surface area contributed by atoms with Gasteiger partial charge in [0.05, 0.1) is 0 Å². The van der Waals surface area contributed by atoms with Crippen LogP contribution < -0.4 is 0 Å². The van der Waals surface area contributed by atoms with Crippen molar-refractivity contribution in [1.82, 2.24) is 0 Å². The number of hydrogen-bond donors (Lipinski definition) is 0. The summed E-state index contributed by atoms with van der Waals surface area (Å²) in [5.41, 5.74) is 0. The maximum atomic E-state index is 5.08. The first-order chi connectivity index (χ1) is 11.9. The molecule has 0 aromatic rings. The summed E-state index contributed by atoms with van der Waals surface area (Å²) in [7, 11) is 1.80. The molecule has 1 heteroatoms. The summed E-state index contributed by atoms with van der Waals surface area (Å²) in [6.45, 7) is 4.84. The molecular weight excluding hydrogens is 292 g/mol. The molecule has 1 nitrogen and oxygen atoms in total. The normalized spacial score (nSPS) is 11.2. The van der Waals surface area contributed by atoms with Crippen LogP contribution in [0.2, 0.25) is 0 Å². The third-order valence-electron chi connectivity index (χ3n) is 5.10. The Morgan fingerprint density at radius 1 is 0.417 bits per heavy atom. The molecule has 1 radical (unpaired) electrons. The van der Waals surface area contributed by atoms with Gasteiger partial charge in [0, 0.05) is 13.7 Å². The highest BCUT2D eigenvalue weighted by Gasteiger charge is 1.95. The Labute approximate surface area is 154 Å². The Morgan fingerprint density at radius 3 is 0.917 bits per heavy atom. The topological polar surface area (TPSA) is 9.23 Å². The number of rotatable bonds is 21. The fourth-order valence-corrected chi connectivity index (χ4v) is 3.43. The van der Waals surface area contributed by atoms with Crippen LogP contribution in [0.15, 0.2) is 0 Å². The van der Waals surface area contributed by atoms with E-state index in [9.17, 15) is 0 Å². The Hall–Kier alpha value is -0.0400. The molecule has 0 aromatic heterocycles. The minimum Gasteiger partial charge on any atom is -0.385 e. The van der Waals surface area contributed by atoms with Crippen LogP contribution in [-0.2, 0) is 4.74 Å². The molecule has 0 spiro atoms.